The zero-order chi connectivity index (χ0) is 11.5. The molecule has 0 aliphatic carbocycles. The number of benzene rings is 1. The molecule has 2 N–H and O–H groups in total. The van der Waals surface area contributed by atoms with Crippen molar-refractivity contribution in [3.05, 3.63) is 29.6 Å². The van der Waals surface area contributed by atoms with Gasteiger partial charge in [-0.3, -0.25) is 0 Å². The van der Waals surface area contributed by atoms with Gasteiger partial charge in [0.2, 0.25) is 0 Å². The molecule has 0 amide bonds. The fourth-order valence-electron chi connectivity index (χ4n) is 2.05. The molecule has 1 unspecified atom stereocenters. The zero-order valence-electron chi connectivity index (χ0n) is 9.89. The van der Waals surface area contributed by atoms with Gasteiger partial charge in [0.1, 0.15) is 5.82 Å². The summed E-state index contributed by atoms with van der Waals surface area (Å²) in [6.45, 7) is 6.20. The molecule has 88 valence electrons. The van der Waals surface area contributed by atoms with E-state index in [4.69, 9.17) is 0 Å². The molecule has 1 aliphatic rings. The highest BCUT2D eigenvalue weighted by molar-refractivity contribution is 5.54. The second-order valence-corrected chi connectivity index (χ2v) is 4.86. The van der Waals surface area contributed by atoms with Crippen LogP contribution < -0.4 is 10.6 Å². The molecule has 1 aliphatic heterocycles. The Kier molecular flexibility index (Phi) is 3.44. The minimum atomic E-state index is -0.139. The Morgan fingerprint density at radius 1 is 1.50 bits per heavy atom. The summed E-state index contributed by atoms with van der Waals surface area (Å²) < 4.78 is 13.4. The van der Waals surface area contributed by atoms with Crippen LogP contribution in [0.15, 0.2) is 18.2 Å². The Morgan fingerprint density at radius 2 is 2.31 bits per heavy atom. The van der Waals surface area contributed by atoms with E-state index >= 15 is 0 Å². The van der Waals surface area contributed by atoms with E-state index in [1.165, 1.54) is 6.07 Å². The molecule has 0 fully saturated rings. The number of anilines is 1. The van der Waals surface area contributed by atoms with E-state index in [-0.39, 0.29) is 5.82 Å². The Labute approximate surface area is 96.2 Å². The second kappa shape index (κ2) is 4.83. The number of halogens is 1. The third kappa shape index (κ3) is 2.53. The third-order valence-electron chi connectivity index (χ3n) is 2.91. The maximum absolute atomic E-state index is 13.4. The molecule has 0 saturated carbocycles. The molecule has 0 aromatic heterocycles. The van der Waals surface area contributed by atoms with Crippen LogP contribution in [0.4, 0.5) is 10.1 Å². The van der Waals surface area contributed by atoms with Gasteiger partial charge in [0, 0.05) is 12.6 Å². The van der Waals surface area contributed by atoms with E-state index in [0.717, 1.165) is 25.1 Å². The van der Waals surface area contributed by atoms with Crippen molar-refractivity contribution in [2.75, 3.05) is 18.4 Å². The lowest BCUT2D eigenvalue weighted by molar-refractivity contribution is 0.463. The normalized spacial score (nSPS) is 19.4. The SMILES string of the molecule is CC(C)CNC1CNc2c(F)cccc2C1. The summed E-state index contributed by atoms with van der Waals surface area (Å²) in [4.78, 5) is 0. The minimum Gasteiger partial charge on any atom is -0.381 e. The van der Waals surface area contributed by atoms with Crippen LogP contribution in [0, 0.1) is 11.7 Å². The fraction of sp³-hybridized carbons (Fsp3) is 0.538. The second-order valence-electron chi connectivity index (χ2n) is 4.86. The zero-order valence-corrected chi connectivity index (χ0v) is 9.89. The van der Waals surface area contributed by atoms with Crippen LogP contribution in [0.3, 0.4) is 0 Å². The average Bonchev–Trinajstić information content (AvgIpc) is 2.26. The largest absolute Gasteiger partial charge is 0.381 e. The van der Waals surface area contributed by atoms with Crippen molar-refractivity contribution >= 4 is 5.69 Å². The average molecular weight is 222 g/mol. The van der Waals surface area contributed by atoms with E-state index in [1.54, 1.807) is 6.07 Å². The van der Waals surface area contributed by atoms with Crippen LogP contribution in [0.25, 0.3) is 0 Å². The van der Waals surface area contributed by atoms with E-state index in [0.29, 0.717) is 17.6 Å². The lowest BCUT2D eigenvalue weighted by atomic mass is 9.99. The molecular formula is C13H19FN2. The van der Waals surface area contributed by atoms with Gasteiger partial charge in [-0.25, -0.2) is 4.39 Å². The minimum absolute atomic E-state index is 0.139. The van der Waals surface area contributed by atoms with Gasteiger partial charge in [-0.2, -0.15) is 0 Å². The topological polar surface area (TPSA) is 24.1 Å². The molecule has 0 saturated heterocycles. The quantitative estimate of drug-likeness (QED) is 0.820. The molecular weight excluding hydrogens is 203 g/mol. The summed E-state index contributed by atoms with van der Waals surface area (Å²) in [5.41, 5.74) is 1.76. The van der Waals surface area contributed by atoms with Crippen molar-refractivity contribution in [3.63, 3.8) is 0 Å². The van der Waals surface area contributed by atoms with Gasteiger partial charge in [-0.15, -0.1) is 0 Å². The highest BCUT2D eigenvalue weighted by Gasteiger charge is 2.19. The highest BCUT2D eigenvalue weighted by Crippen LogP contribution is 2.24. The number of hydrogen-bond acceptors (Lipinski definition) is 2. The summed E-state index contributed by atoms with van der Waals surface area (Å²) in [6, 6.07) is 5.69. The first-order valence-corrected chi connectivity index (χ1v) is 5.91. The van der Waals surface area contributed by atoms with E-state index in [9.17, 15) is 4.39 Å². The molecule has 3 heteroatoms. The van der Waals surface area contributed by atoms with E-state index in [2.05, 4.69) is 24.5 Å². The summed E-state index contributed by atoms with van der Waals surface area (Å²) in [5.74, 6) is 0.508. The maximum atomic E-state index is 13.4. The summed E-state index contributed by atoms with van der Waals surface area (Å²) in [5, 5.41) is 6.66. The molecule has 1 heterocycles. The summed E-state index contributed by atoms with van der Waals surface area (Å²) >= 11 is 0. The first-order chi connectivity index (χ1) is 7.66. The van der Waals surface area contributed by atoms with Gasteiger partial charge < -0.3 is 10.6 Å². The van der Waals surface area contributed by atoms with Crippen LogP contribution in [-0.2, 0) is 6.42 Å². The highest BCUT2D eigenvalue weighted by atomic mass is 19.1. The van der Waals surface area contributed by atoms with Gasteiger partial charge in [-0.1, -0.05) is 26.0 Å². The summed E-state index contributed by atoms with van der Waals surface area (Å²) in [7, 11) is 0. The molecule has 1 aromatic carbocycles. The first kappa shape index (κ1) is 11.4. The molecule has 0 radical (unpaired) electrons. The van der Waals surface area contributed by atoms with Crippen LogP contribution >= 0.6 is 0 Å². The van der Waals surface area contributed by atoms with Crippen LogP contribution in [0.2, 0.25) is 0 Å². The van der Waals surface area contributed by atoms with Gasteiger partial charge in [0.05, 0.1) is 5.69 Å². The molecule has 0 spiro atoms. The van der Waals surface area contributed by atoms with Crippen molar-refractivity contribution in [2.24, 2.45) is 5.92 Å². The van der Waals surface area contributed by atoms with Crippen molar-refractivity contribution < 1.29 is 4.39 Å². The monoisotopic (exact) mass is 222 g/mol. The number of rotatable bonds is 3. The third-order valence-corrected chi connectivity index (χ3v) is 2.91. The Balaban J connectivity index is 2.01. The van der Waals surface area contributed by atoms with Crippen LogP contribution in [0.1, 0.15) is 19.4 Å². The molecule has 0 bridgehead atoms. The summed E-state index contributed by atoms with van der Waals surface area (Å²) in [6.07, 6.45) is 0.910. The Morgan fingerprint density at radius 3 is 3.06 bits per heavy atom. The van der Waals surface area contributed by atoms with Crippen molar-refractivity contribution in [2.45, 2.75) is 26.3 Å². The fourth-order valence-corrected chi connectivity index (χ4v) is 2.05. The van der Waals surface area contributed by atoms with Gasteiger partial charge in [0.25, 0.3) is 0 Å². The van der Waals surface area contributed by atoms with E-state index in [1.807, 2.05) is 6.07 Å². The lowest BCUT2D eigenvalue weighted by Crippen LogP contribution is -2.42. The number of fused-ring (bicyclic) bond motifs is 1. The predicted octanol–water partition coefficient (Wildman–Crippen LogP) is 2.41. The molecule has 2 nitrogen and oxygen atoms in total. The van der Waals surface area contributed by atoms with Gasteiger partial charge in [0.15, 0.2) is 0 Å². The molecule has 1 aromatic rings. The Bertz CT molecular complexity index is 363. The van der Waals surface area contributed by atoms with Gasteiger partial charge in [-0.05, 0) is 30.5 Å². The van der Waals surface area contributed by atoms with Gasteiger partial charge >= 0.3 is 0 Å². The smallest absolute Gasteiger partial charge is 0.146 e. The lowest BCUT2D eigenvalue weighted by Gasteiger charge is -2.27. The van der Waals surface area contributed by atoms with Crippen molar-refractivity contribution in [3.8, 4) is 0 Å². The van der Waals surface area contributed by atoms with Crippen LogP contribution in [0.5, 0.6) is 0 Å². The number of hydrogen-bond donors (Lipinski definition) is 2. The standard InChI is InChI=1S/C13H19FN2/c1-9(2)7-15-11-6-10-4-3-5-12(14)13(10)16-8-11/h3-5,9,11,15-16H,6-8H2,1-2H3. The molecule has 1 atom stereocenters. The number of para-hydroxylation sites is 1. The van der Waals surface area contributed by atoms with Crippen molar-refractivity contribution in [1.82, 2.24) is 5.32 Å². The Hall–Kier alpha value is -1.09. The van der Waals surface area contributed by atoms with Crippen LogP contribution in [-0.4, -0.2) is 19.1 Å². The molecule has 16 heavy (non-hydrogen) atoms. The van der Waals surface area contributed by atoms with E-state index < -0.39 is 0 Å². The predicted molar refractivity (Wildman–Crippen MR) is 65.2 cm³/mol. The number of nitrogens with one attached hydrogen (secondary N) is 2. The van der Waals surface area contributed by atoms with Crippen molar-refractivity contribution in [1.29, 1.82) is 0 Å². The maximum Gasteiger partial charge on any atom is 0.146 e. The first-order valence-electron chi connectivity index (χ1n) is 5.91. The molecule has 2 rings (SSSR count).